The Morgan fingerprint density at radius 1 is 0.667 bits per heavy atom. The average molecular weight is 467 g/mol. The molecule has 6 nitrogen and oxygen atoms in total. The first-order chi connectivity index (χ1) is 14.9. The summed E-state index contributed by atoms with van der Waals surface area (Å²) < 4.78 is 0. The highest BCUT2D eigenvalue weighted by atomic mass is 16.4. The van der Waals surface area contributed by atoms with Crippen LogP contribution in [0.2, 0.25) is 0 Å². The predicted octanol–water partition coefficient (Wildman–Crippen LogP) is 5.60. The van der Waals surface area contributed by atoms with Gasteiger partial charge in [0.05, 0.1) is 0 Å². The first-order valence-corrected chi connectivity index (χ1v) is 12.9. The minimum atomic E-state index is -0.744. The van der Waals surface area contributed by atoms with Gasteiger partial charge in [0.1, 0.15) is 0 Å². The molecule has 0 aliphatic carbocycles. The molecule has 0 spiro atoms. The van der Waals surface area contributed by atoms with Crippen molar-refractivity contribution >= 4 is 11.9 Å². The van der Waals surface area contributed by atoms with Gasteiger partial charge in [-0.2, -0.15) is 0 Å². The number of carbonyl (C=O) groups is 2. The van der Waals surface area contributed by atoms with Crippen molar-refractivity contribution in [3.8, 4) is 0 Å². The van der Waals surface area contributed by atoms with Crippen molar-refractivity contribution in [1.29, 1.82) is 0 Å². The van der Waals surface area contributed by atoms with Crippen molar-refractivity contribution in [2.75, 3.05) is 0 Å². The Morgan fingerprint density at radius 3 is 1.18 bits per heavy atom. The first-order valence-electron chi connectivity index (χ1n) is 12.9. The van der Waals surface area contributed by atoms with E-state index in [4.69, 9.17) is 0 Å². The third-order valence-electron chi connectivity index (χ3n) is 8.07. The van der Waals surface area contributed by atoms with Gasteiger partial charge in [0.15, 0.2) is 0 Å². The van der Waals surface area contributed by atoms with Gasteiger partial charge in [-0.1, -0.05) is 0 Å². The summed E-state index contributed by atoms with van der Waals surface area (Å²) in [5, 5.41) is 26.5. The van der Waals surface area contributed by atoms with Crippen LogP contribution in [0.3, 0.4) is 0 Å². The van der Waals surface area contributed by atoms with Crippen molar-refractivity contribution < 1.29 is 19.8 Å². The Bertz CT molecular complexity index is 619. The van der Waals surface area contributed by atoms with Crippen molar-refractivity contribution in [2.45, 2.75) is 142 Å². The van der Waals surface area contributed by atoms with E-state index >= 15 is 0 Å². The Balaban J connectivity index is 2.55. The van der Waals surface area contributed by atoms with Crippen LogP contribution in [-0.2, 0) is 9.59 Å². The van der Waals surface area contributed by atoms with Crippen LogP contribution >= 0.6 is 0 Å². The van der Waals surface area contributed by atoms with Crippen molar-refractivity contribution in [1.82, 2.24) is 10.6 Å². The number of hydrogen-bond acceptors (Lipinski definition) is 4. The maximum atomic E-state index is 11.5. The predicted molar refractivity (Wildman–Crippen MR) is 133 cm³/mol. The zero-order valence-electron chi connectivity index (χ0n) is 22.4. The first kappa shape index (κ1) is 28.1. The fourth-order valence-corrected chi connectivity index (χ4v) is 7.87. The molecule has 0 bridgehead atoms. The Labute approximate surface area is 201 Å². The molecule has 6 heteroatoms. The lowest BCUT2D eigenvalue weighted by Gasteiger charge is -2.59. The molecule has 2 fully saturated rings. The highest BCUT2D eigenvalue weighted by molar-refractivity contribution is 5.66. The van der Waals surface area contributed by atoms with Gasteiger partial charge in [-0.15, -0.1) is 0 Å². The lowest BCUT2D eigenvalue weighted by molar-refractivity contribution is -0.138. The molecule has 4 N–H and O–H groups in total. The van der Waals surface area contributed by atoms with E-state index in [0.29, 0.717) is 24.7 Å². The summed E-state index contributed by atoms with van der Waals surface area (Å²) in [6.45, 7) is 18.2. The molecule has 0 radical (unpaired) electrons. The maximum absolute atomic E-state index is 11.5. The molecule has 2 aliphatic heterocycles. The molecule has 2 heterocycles. The van der Waals surface area contributed by atoms with Crippen LogP contribution in [0.15, 0.2) is 0 Å². The van der Waals surface area contributed by atoms with Crippen LogP contribution in [0.4, 0.5) is 0 Å². The molecule has 0 aromatic heterocycles. The molecule has 0 amide bonds. The van der Waals surface area contributed by atoms with Gasteiger partial charge >= 0.3 is 11.9 Å². The summed E-state index contributed by atoms with van der Waals surface area (Å²) >= 11 is 0. The van der Waals surface area contributed by atoms with E-state index in [1.807, 2.05) is 0 Å². The fourth-order valence-electron chi connectivity index (χ4n) is 7.87. The number of piperidine rings is 2. The molecule has 0 saturated carbocycles. The number of carboxylic acid groups (broad SMARTS) is 2. The molecule has 0 atom stereocenters. The van der Waals surface area contributed by atoms with Crippen molar-refractivity contribution in [3.63, 3.8) is 0 Å². The summed E-state index contributed by atoms with van der Waals surface area (Å²) in [5.74, 6) is -0.653. The summed E-state index contributed by atoms with van der Waals surface area (Å²) in [6.07, 6.45) is 7.48. The normalized spacial score (nSPS) is 25.0. The van der Waals surface area contributed by atoms with E-state index in [9.17, 15) is 19.8 Å². The third kappa shape index (κ3) is 7.95. The van der Waals surface area contributed by atoms with Crippen LogP contribution < -0.4 is 10.6 Å². The quantitative estimate of drug-likeness (QED) is 0.335. The molecule has 2 aliphatic rings. The number of rotatable bonds is 10. The van der Waals surface area contributed by atoms with E-state index in [2.05, 4.69) is 66.0 Å². The van der Waals surface area contributed by atoms with Crippen molar-refractivity contribution in [2.24, 2.45) is 17.3 Å². The topological polar surface area (TPSA) is 98.7 Å². The van der Waals surface area contributed by atoms with Gasteiger partial charge in [0.25, 0.3) is 0 Å². The maximum Gasteiger partial charge on any atom is 0.303 e. The third-order valence-corrected chi connectivity index (χ3v) is 8.07. The highest BCUT2D eigenvalue weighted by Crippen LogP contribution is 2.57. The van der Waals surface area contributed by atoms with Gasteiger partial charge in [-0.3, -0.25) is 9.59 Å². The largest absolute Gasteiger partial charge is 0.481 e. The number of carboxylic acids is 2. The molecule has 0 aromatic carbocycles. The Hall–Kier alpha value is -1.14. The van der Waals surface area contributed by atoms with Crippen LogP contribution in [0, 0.1) is 17.3 Å². The lowest BCUT2D eigenvalue weighted by atomic mass is 9.51. The zero-order chi connectivity index (χ0) is 25.3. The molecule has 2 saturated heterocycles. The smallest absolute Gasteiger partial charge is 0.303 e. The van der Waals surface area contributed by atoms with Gasteiger partial charge in [-0.25, -0.2) is 0 Å². The number of aliphatic carboxylic acids is 2. The standard InChI is InChI=1S/C27H50N2O4/c1-23(2)15-19(16-24(3,4)28-23)27(13-9-11-21(30)31,14-10-12-22(32)33)20-17-25(5,6)29-26(7,8)18-20/h19-20,28-29H,9-18H2,1-8H3,(H,30,31)(H,32,33). The molecule has 2 rings (SSSR count). The van der Waals surface area contributed by atoms with E-state index in [0.717, 1.165) is 38.5 Å². The highest BCUT2D eigenvalue weighted by Gasteiger charge is 2.53. The Morgan fingerprint density at radius 2 is 0.939 bits per heavy atom. The summed E-state index contributed by atoms with van der Waals surface area (Å²) in [4.78, 5) is 22.9. The number of hydrogen-bond donors (Lipinski definition) is 4. The molecular weight excluding hydrogens is 416 g/mol. The summed E-state index contributed by atoms with van der Waals surface area (Å²) in [6, 6.07) is 0. The second-order valence-corrected chi connectivity index (χ2v) is 13.7. The van der Waals surface area contributed by atoms with Crippen LogP contribution in [0.25, 0.3) is 0 Å². The molecule has 33 heavy (non-hydrogen) atoms. The second-order valence-electron chi connectivity index (χ2n) is 13.7. The fraction of sp³-hybridized carbons (Fsp3) is 0.926. The van der Waals surface area contributed by atoms with E-state index < -0.39 is 11.9 Å². The Kier molecular flexibility index (Phi) is 8.39. The van der Waals surface area contributed by atoms with Gasteiger partial charge in [0.2, 0.25) is 0 Å². The van der Waals surface area contributed by atoms with Gasteiger partial charge in [0, 0.05) is 35.0 Å². The minimum absolute atomic E-state index is 0.0186. The summed E-state index contributed by atoms with van der Waals surface area (Å²) in [7, 11) is 0. The van der Waals surface area contributed by atoms with E-state index in [-0.39, 0.29) is 40.4 Å². The molecule has 0 aromatic rings. The lowest BCUT2D eigenvalue weighted by Crippen LogP contribution is -2.64. The summed E-state index contributed by atoms with van der Waals surface area (Å²) in [5.41, 5.74) is -0.146. The molecular formula is C27H50N2O4. The monoisotopic (exact) mass is 466 g/mol. The van der Waals surface area contributed by atoms with Gasteiger partial charge < -0.3 is 20.8 Å². The van der Waals surface area contributed by atoms with Crippen molar-refractivity contribution in [3.05, 3.63) is 0 Å². The van der Waals surface area contributed by atoms with Gasteiger partial charge in [-0.05, 0) is 124 Å². The average Bonchev–Trinajstić information content (AvgIpc) is 2.54. The van der Waals surface area contributed by atoms with Crippen LogP contribution in [-0.4, -0.2) is 44.3 Å². The SMILES string of the molecule is CC1(C)CC(C(CCCC(=O)O)(CCCC(=O)O)C2CC(C)(C)NC(C)(C)C2)CC(C)(C)N1. The second kappa shape index (κ2) is 9.85. The zero-order valence-corrected chi connectivity index (χ0v) is 22.4. The van der Waals surface area contributed by atoms with E-state index in [1.165, 1.54) is 0 Å². The molecule has 0 unspecified atom stereocenters. The van der Waals surface area contributed by atoms with E-state index in [1.54, 1.807) is 0 Å². The molecule has 192 valence electrons. The minimum Gasteiger partial charge on any atom is -0.481 e. The van der Waals surface area contributed by atoms with Crippen LogP contribution in [0.5, 0.6) is 0 Å². The number of nitrogens with one attached hydrogen (secondary N) is 2. The van der Waals surface area contributed by atoms with Crippen LogP contribution in [0.1, 0.15) is 120 Å².